The summed E-state index contributed by atoms with van der Waals surface area (Å²) in [5, 5.41) is 12.0. The smallest absolute Gasteiger partial charge is 0.265 e. The van der Waals surface area contributed by atoms with Gasteiger partial charge in [0.05, 0.1) is 11.1 Å². The van der Waals surface area contributed by atoms with Gasteiger partial charge >= 0.3 is 0 Å². The SMILES string of the molecule is CC1=NN=C(c2oc3cccc(F)c3c2C)c2cc3c(cc2C1)NC(=O)C(C)O3. The number of aryl methyl sites for hydroxylation is 1. The van der Waals surface area contributed by atoms with E-state index in [4.69, 9.17) is 9.15 Å². The van der Waals surface area contributed by atoms with Gasteiger partial charge < -0.3 is 14.5 Å². The molecule has 0 bridgehead atoms. The highest BCUT2D eigenvalue weighted by Gasteiger charge is 2.29. The van der Waals surface area contributed by atoms with Gasteiger partial charge in [-0.3, -0.25) is 4.79 Å². The van der Waals surface area contributed by atoms with E-state index in [1.165, 1.54) is 6.07 Å². The lowest BCUT2D eigenvalue weighted by Crippen LogP contribution is -2.34. The number of ether oxygens (including phenoxy) is 1. The van der Waals surface area contributed by atoms with Crippen molar-refractivity contribution in [2.75, 3.05) is 5.32 Å². The van der Waals surface area contributed by atoms with E-state index in [9.17, 15) is 9.18 Å². The molecule has 6 nitrogen and oxygen atoms in total. The number of halogens is 1. The summed E-state index contributed by atoms with van der Waals surface area (Å²) in [5.41, 5.74) is 4.79. The lowest BCUT2D eigenvalue weighted by molar-refractivity contribution is -0.122. The Balaban J connectivity index is 1.74. The van der Waals surface area contributed by atoms with E-state index in [-0.39, 0.29) is 11.7 Å². The molecular weight excluding hydrogens is 373 g/mol. The van der Waals surface area contributed by atoms with Crippen molar-refractivity contribution in [1.29, 1.82) is 0 Å². The van der Waals surface area contributed by atoms with E-state index in [0.29, 0.717) is 45.9 Å². The third-order valence-corrected chi connectivity index (χ3v) is 5.28. The number of furan rings is 1. The number of rotatable bonds is 1. The number of benzene rings is 2. The predicted octanol–water partition coefficient (Wildman–Crippen LogP) is 4.37. The first kappa shape index (κ1) is 17.6. The third kappa shape index (κ3) is 2.73. The molecule has 0 fully saturated rings. The van der Waals surface area contributed by atoms with Crippen molar-refractivity contribution in [1.82, 2.24) is 0 Å². The molecule has 1 aromatic heterocycles. The highest BCUT2D eigenvalue weighted by atomic mass is 19.1. The van der Waals surface area contributed by atoms with Crippen LogP contribution in [0.25, 0.3) is 11.0 Å². The summed E-state index contributed by atoms with van der Waals surface area (Å²) in [6.07, 6.45) is -0.0268. The van der Waals surface area contributed by atoms with Crippen LogP contribution in [0.15, 0.2) is 45.0 Å². The van der Waals surface area contributed by atoms with Gasteiger partial charge in [0.25, 0.3) is 5.91 Å². The lowest BCUT2D eigenvalue weighted by Gasteiger charge is -2.25. The van der Waals surface area contributed by atoms with Crippen molar-refractivity contribution in [2.24, 2.45) is 10.2 Å². The summed E-state index contributed by atoms with van der Waals surface area (Å²) in [7, 11) is 0. The molecule has 0 spiro atoms. The largest absolute Gasteiger partial charge is 0.479 e. The number of hydrogen-bond acceptors (Lipinski definition) is 5. The minimum atomic E-state index is -0.591. The Labute approximate surface area is 166 Å². The first-order valence-corrected chi connectivity index (χ1v) is 9.36. The number of carbonyl (C=O) groups excluding carboxylic acids is 1. The van der Waals surface area contributed by atoms with Gasteiger partial charge in [-0.15, -0.1) is 5.10 Å². The maximum absolute atomic E-state index is 14.4. The van der Waals surface area contributed by atoms with Crippen LogP contribution in [0.4, 0.5) is 10.1 Å². The van der Waals surface area contributed by atoms with Crippen LogP contribution in [-0.2, 0) is 11.2 Å². The van der Waals surface area contributed by atoms with Crippen molar-refractivity contribution in [3.05, 3.63) is 58.6 Å². The van der Waals surface area contributed by atoms with E-state index in [1.807, 2.05) is 26.0 Å². The zero-order chi connectivity index (χ0) is 20.3. The molecule has 1 N–H and O–H groups in total. The van der Waals surface area contributed by atoms with Crippen LogP contribution in [0.5, 0.6) is 5.75 Å². The van der Waals surface area contributed by atoms with Gasteiger partial charge in [-0.1, -0.05) is 6.07 Å². The topological polar surface area (TPSA) is 76.2 Å². The zero-order valence-electron chi connectivity index (χ0n) is 16.2. The molecule has 1 unspecified atom stereocenters. The van der Waals surface area contributed by atoms with Crippen LogP contribution in [0, 0.1) is 12.7 Å². The quantitative estimate of drug-likeness (QED) is 0.669. The molecule has 1 amide bonds. The van der Waals surface area contributed by atoms with Gasteiger partial charge in [-0.05, 0) is 50.6 Å². The molecule has 3 aromatic rings. The van der Waals surface area contributed by atoms with Crippen molar-refractivity contribution in [2.45, 2.75) is 33.3 Å². The number of carbonyl (C=O) groups is 1. The normalized spacial score (nSPS) is 18.2. The molecule has 2 aliphatic heterocycles. The van der Waals surface area contributed by atoms with Gasteiger partial charge in [-0.2, -0.15) is 5.10 Å². The highest BCUT2D eigenvalue weighted by molar-refractivity contribution is 6.16. The number of fused-ring (bicyclic) bond motifs is 3. The van der Waals surface area contributed by atoms with Crippen LogP contribution in [0.1, 0.15) is 36.3 Å². The first-order chi connectivity index (χ1) is 13.9. The second-order valence-corrected chi connectivity index (χ2v) is 7.38. The van der Waals surface area contributed by atoms with Gasteiger partial charge in [-0.25, -0.2) is 4.39 Å². The molecule has 29 heavy (non-hydrogen) atoms. The van der Waals surface area contributed by atoms with Gasteiger partial charge in [0, 0.05) is 23.3 Å². The molecular formula is C22H18FN3O3. The summed E-state index contributed by atoms with van der Waals surface area (Å²) in [6, 6.07) is 8.48. The van der Waals surface area contributed by atoms with Gasteiger partial charge in [0.1, 0.15) is 22.9 Å². The average Bonchev–Trinajstić information content (AvgIpc) is 2.92. The van der Waals surface area contributed by atoms with Crippen molar-refractivity contribution in [3.8, 4) is 5.75 Å². The minimum absolute atomic E-state index is 0.186. The van der Waals surface area contributed by atoms with E-state index >= 15 is 0 Å². The van der Waals surface area contributed by atoms with Gasteiger partial charge in [0.15, 0.2) is 11.9 Å². The molecule has 146 valence electrons. The predicted molar refractivity (Wildman–Crippen MR) is 109 cm³/mol. The molecule has 0 saturated heterocycles. The Bertz CT molecular complexity index is 1260. The van der Waals surface area contributed by atoms with Crippen molar-refractivity contribution in [3.63, 3.8) is 0 Å². The Hall–Kier alpha value is -3.48. The summed E-state index contributed by atoms with van der Waals surface area (Å²) in [5.74, 6) is 0.504. The van der Waals surface area contributed by atoms with Gasteiger partial charge in [0.2, 0.25) is 0 Å². The number of anilines is 1. The van der Waals surface area contributed by atoms with Crippen molar-refractivity contribution < 1.29 is 18.3 Å². The fraction of sp³-hybridized carbons (Fsp3) is 0.227. The standard InChI is InChI=1S/C22H18FN3O3/c1-10-7-13-8-16-18(28-12(3)22(27)24-16)9-14(13)20(26-25-10)21-11(2)19-15(23)5-4-6-17(19)29-21/h4-6,8-9,12H,7H2,1-3H3,(H,24,27). The molecule has 5 rings (SSSR count). The number of hydrogen-bond donors (Lipinski definition) is 1. The molecule has 0 aliphatic carbocycles. The molecule has 7 heteroatoms. The van der Waals surface area contributed by atoms with Crippen molar-refractivity contribution >= 4 is 34.0 Å². The summed E-state index contributed by atoms with van der Waals surface area (Å²) >= 11 is 0. The van der Waals surface area contributed by atoms with E-state index in [0.717, 1.165) is 16.8 Å². The molecule has 0 radical (unpaired) electrons. The average molecular weight is 391 g/mol. The fourth-order valence-corrected chi connectivity index (χ4v) is 3.81. The van der Waals surface area contributed by atoms with Crippen LogP contribution in [0.2, 0.25) is 0 Å². The summed E-state index contributed by atoms with van der Waals surface area (Å²) in [4.78, 5) is 12.0. The number of nitrogens with zero attached hydrogens (tertiary/aromatic N) is 2. The highest BCUT2D eigenvalue weighted by Crippen LogP contribution is 2.37. The maximum atomic E-state index is 14.4. The molecule has 3 heterocycles. The van der Waals surface area contributed by atoms with E-state index < -0.39 is 6.10 Å². The Morgan fingerprint density at radius 1 is 1.21 bits per heavy atom. The van der Waals surface area contributed by atoms with Crippen LogP contribution in [0.3, 0.4) is 0 Å². The Morgan fingerprint density at radius 2 is 2.03 bits per heavy atom. The Kier molecular flexibility index (Phi) is 3.81. The van der Waals surface area contributed by atoms with E-state index in [2.05, 4.69) is 15.5 Å². The van der Waals surface area contributed by atoms with Crippen LogP contribution >= 0.6 is 0 Å². The number of amides is 1. The minimum Gasteiger partial charge on any atom is -0.479 e. The first-order valence-electron chi connectivity index (χ1n) is 9.36. The number of nitrogens with one attached hydrogen (secondary N) is 1. The summed E-state index contributed by atoms with van der Waals surface area (Å²) in [6.45, 7) is 5.39. The second-order valence-electron chi connectivity index (χ2n) is 7.38. The van der Waals surface area contributed by atoms with E-state index in [1.54, 1.807) is 19.1 Å². The third-order valence-electron chi connectivity index (χ3n) is 5.28. The Morgan fingerprint density at radius 3 is 2.83 bits per heavy atom. The molecule has 2 aromatic carbocycles. The fourth-order valence-electron chi connectivity index (χ4n) is 3.81. The maximum Gasteiger partial charge on any atom is 0.265 e. The zero-order valence-corrected chi connectivity index (χ0v) is 16.2. The monoisotopic (exact) mass is 391 g/mol. The summed E-state index contributed by atoms with van der Waals surface area (Å²) < 4.78 is 26.2. The lowest BCUT2D eigenvalue weighted by atomic mass is 9.94. The van der Waals surface area contributed by atoms with Crippen LogP contribution < -0.4 is 10.1 Å². The molecule has 0 saturated carbocycles. The molecule has 2 aliphatic rings. The van der Waals surface area contributed by atoms with Crippen LogP contribution in [-0.4, -0.2) is 23.4 Å². The second kappa shape index (κ2) is 6.27. The molecule has 1 atom stereocenters.